The lowest BCUT2D eigenvalue weighted by Gasteiger charge is -2.30. The second-order valence-corrected chi connectivity index (χ2v) is 9.25. The molecule has 186 valence electrons. The number of aromatic nitrogens is 1. The Morgan fingerprint density at radius 1 is 1.08 bits per heavy atom. The van der Waals surface area contributed by atoms with Crippen LogP contribution < -0.4 is 9.64 Å². The number of Topliss-reactive ketones (excluding diaryl/α,β-unsaturated/α-hetero) is 1. The van der Waals surface area contributed by atoms with E-state index < -0.39 is 29.1 Å². The number of anilines is 1. The molecule has 9 nitrogen and oxygen atoms in total. The zero-order chi connectivity index (χ0) is 26.0. The van der Waals surface area contributed by atoms with Crippen molar-refractivity contribution in [3.05, 3.63) is 77.8 Å². The molecule has 1 unspecified atom stereocenters. The number of esters is 1. The third-order valence-electron chi connectivity index (χ3n) is 5.80. The highest BCUT2D eigenvalue weighted by atomic mass is 16.6. The Morgan fingerprint density at radius 2 is 1.78 bits per heavy atom. The minimum atomic E-state index is -0.990. The molecule has 0 saturated heterocycles. The van der Waals surface area contributed by atoms with Crippen molar-refractivity contribution in [2.45, 2.75) is 26.8 Å². The molecule has 4 rings (SSSR count). The number of methoxy groups -OCH3 is 1. The number of hydrogen-bond donors (Lipinski definition) is 1. The van der Waals surface area contributed by atoms with Gasteiger partial charge in [0.2, 0.25) is 0 Å². The summed E-state index contributed by atoms with van der Waals surface area (Å²) in [4.78, 5) is 39.9. The number of carbonyl (C=O) groups excluding carboxylic acids is 3. The van der Waals surface area contributed by atoms with Gasteiger partial charge in [0.25, 0.3) is 5.91 Å². The van der Waals surface area contributed by atoms with Crippen LogP contribution in [0.3, 0.4) is 0 Å². The van der Waals surface area contributed by atoms with E-state index in [4.69, 9.17) is 9.26 Å². The van der Waals surface area contributed by atoms with E-state index in [1.165, 1.54) is 18.3 Å². The van der Waals surface area contributed by atoms with Crippen molar-refractivity contribution in [3.63, 3.8) is 0 Å². The normalized spacial score (nSPS) is 15.8. The molecule has 1 N–H and O–H groups in total. The fraction of sp³-hybridized carbons (Fsp3) is 0.259. The lowest BCUT2D eigenvalue weighted by atomic mass is 9.82. The van der Waals surface area contributed by atoms with E-state index >= 15 is 0 Å². The molecule has 1 aromatic heterocycles. The summed E-state index contributed by atoms with van der Waals surface area (Å²) < 4.78 is 15.3. The molecule has 1 aliphatic rings. The van der Waals surface area contributed by atoms with Gasteiger partial charge < -0.3 is 19.1 Å². The standard InChI is InChI=1S/C27H26N2O7/c1-27(2,3)25(32)22-23(18-7-5-6-8-20(18)35-15-21(30)34-4)29(26(33)24(22)31)17-11-9-16(10-12-17)19-13-14-36-28-19/h5-14,23,31H,15H2,1-4H3. The van der Waals surface area contributed by atoms with E-state index in [1.54, 1.807) is 75.4 Å². The number of aliphatic hydroxyl groups is 1. The van der Waals surface area contributed by atoms with E-state index in [9.17, 15) is 19.5 Å². The van der Waals surface area contributed by atoms with Crippen molar-refractivity contribution < 1.29 is 33.5 Å². The van der Waals surface area contributed by atoms with Crippen molar-refractivity contribution in [2.24, 2.45) is 5.41 Å². The largest absolute Gasteiger partial charge is 0.503 e. The zero-order valence-electron chi connectivity index (χ0n) is 20.3. The molecule has 36 heavy (non-hydrogen) atoms. The summed E-state index contributed by atoms with van der Waals surface area (Å²) in [6, 6.07) is 14.4. The summed E-state index contributed by atoms with van der Waals surface area (Å²) in [7, 11) is 1.25. The summed E-state index contributed by atoms with van der Waals surface area (Å²) >= 11 is 0. The number of aliphatic hydroxyl groups excluding tert-OH is 1. The third-order valence-corrected chi connectivity index (χ3v) is 5.80. The number of ether oxygens (including phenoxy) is 2. The average molecular weight is 491 g/mol. The summed E-state index contributed by atoms with van der Waals surface area (Å²) in [5, 5.41) is 14.9. The van der Waals surface area contributed by atoms with Gasteiger partial charge >= 0.3 is 5.97 Å². The minimum absolute atomic E-state index is 0.0396. The maximum absolute atomic E-state index is 13.5. The molecular formula is C27H26N2O7. The molecule has 0 saturated carbocycles. The van der Waals surface area contributed by atoms with Crippen molar-refractivity contribution in [2.75, 3.05) is 18.6 Å². The molecule has 1 atom stereocenters. The first kappa shape index (κ1) is 24.7. The first-order valence-electron chi connectivity index (χ1n) is 11.2. The number of benzene rings is 2. The minimum Gasteiger partial charge on any atom is -0.503 e. The van der Waals surface area contributed by atoms with Gasteiger partial charge in [0.15, 0.2) is 18.1 Å². The Hall–Kier alpha value is -4.40. The van der Waals surface area contributed by atoms with Crippen LogP contribution in [0.15, 0.2) is 76.7 Å². The molecule has 9 heteroatoms. The van der Waals surface area contributed by atoms with Crippen molar-refractivity contribution in [3.8, 4) is 17.0 Å². The van der Waals surface area contributed by atoms with Crippen LogP contribution in [0.1, 0.15) is 32.4 Å². The Labute approximate surface area is 207 Å². The molecule has 3 aromatic rings. The van der Waals surface area contributed by atoms with Crippen LogP contribution in [0.4, 0.5) is 5.69 Å². The Bertz CT molecular complexity index is 1320. The Kier molecular flexibility index (Phi) is 6.65. The smallest absolute Gasteiger partial charge is 0.343 e. The first-order valence-corrected chi connectivity index (χ1v) is 11.2. The van der Waals surface area contributed by atoms with Crippen molar-refractivity contribution >= 4 is 23.3 Å². The Balaban J connectivity index is 1.83. The number of hydrogen-bond acceptors (Lipinski definition) is 8. The lowest BCUT2D eigenvalue weighted by molar-refractivity contribution is -0.143. The lowest BCUT2D eigenvalue weighted by Crippen LogP contribution is -2.33. The molecule has 0 radical (unpaired) electrons. The van der Waals surface area contributed by atoms with Crippen LogP contribution in [0.25, 0.3) is 11.3 Å². The van der Waals surface area contributed by atoms with Crippen LogP contribution in [-0.4, -0.2) is 41.6 Å². The molecule has 1 amide bonds. The summed E-state index contributed by atoms with van der Waals surface area (Å²) in [6.07, 6.45) is 1.46. The maximum atomic E-state index is 13.5. The highest BCUT2D eigenvalue weighted by molar-refractivity contribution is 6.17. The molecular weight excluding hydrogens is 464 g/mol. The third kappa shape index (κ3) is 4.59. The summed E-state index contributed by atoms with van der Waals surface area (Å²) in [5.41, 5.74) is 1.35. The number of rotatable bonds is 7. The molecule has 0 spiro atoms. The fourth-order valence-corrected chi connectivity index (χ4v) is 3.99. The molecule has 0 aliphatic carbocycles. The van der Waals surface area contributed by atoms with Crippen LogP contribution in [-0.2, 0) is 19.1 Å². The number of amides is 1. The molecule has 0 fully saturated rings. The second-order valence-electron chi connectivity index (χ2n) is 9.25. The highest BCUT2D eigenvalue weighted by Crippen LogP contribution is 2.46. The van der Waals surface area contributed by atoms with E-state index in [0.717, 1.165) is 5.56 Å². The fourth-order valence-electron chi connectivity index (χ4n) is 3.99. The van der Waals surface area contributed by atoms with Gasteiger partial charge in [0, 0.05) is 28.3 Å². The van der Waals surface area contributed by atoms with Gasteiger partial charge in [0.05, 0.1) is 18.7 Å². The summed E-state index contributed by atoms with van der Waals surface area (Å²) in [6.45, 7) is 4.78. The topological polar surface area (TPSA) is 119 Å². The van der Waals surface area contributed by atoms with Crippen molar-refractivity contribution in [1.82, 2.24) is 5.16 Å². The van der Waals surface area contributed by atoms with Crippen molar-refractivity contribution in [1.29, 1.82) is 0 Å². The van der Waals surface area contributed by atoms with E-state index in [-0.39, 0.29) is 23.7 Å². The monoisotopic (exact) mass is 490 g/mol. The number of carbonyl (C=O) groups is 3. The van der Waals surface area contributed by atoms with Crippen LogP contribution in [0.5, 0.6) is 5.75 Å². The van der Waals surface area contributed by atoms with Crippen LogP contribution in [0.2, 0.25) is 0 Å². The highest BCUT2D eigenvalue weighted by Gasteiger charge is 2.47. The average Bonchev–Trinajstić information content (AvgIpc) is 3.49. The molecule has 0 bridgehead atoms. The van der Waals surface area contributed by atoms with Gasteiger partial charge in [-0.1, -0.05) is 56.3 Å². The number of para-hydroxylation sites is 1. The van der Waals surface area contributed by atoms with E-state index in [1.807, 2.05) is 0 Å². The van der Waals surface area contributed by atoms with Crippen LogP contribution in [0, 0.1) is 5.41 Å². The van der Waals surface area contributed by atoms with Gasteiger partial charge in [-0.3, -0.25) is 14.5 Å². The van der Waals surface area contributed by atoms with E-state index in [0.29, 0.717) is 16.9 Å². The predicted molar refractivity (Wildman–Crippen MR) is 130 cm³/mol. The predicted octanol–water partition coefficient (Wildman–Crippen LogP) is 4.41. The summed E-state index contributed by atoms with van der Waals surface area (Å²) in [5.74, 6) is -2.04. The van der Waals surface area contributed by atoms with E-state index in [2.05, 4.69) is 9.89 Å². The van der Waals surface area contributed by atoms with Gasteiger partial charge in [-0.05, 0) is 18.2 Å². The number of nitrogens with zero attached hydrogens (tertiary/aromatic N) is 2. The molecule has 1 aliphatic heterocycles. The van der Waals surface area contributed by atoms with Gasteiger partial charge in [-0.15, -0.1) is 0 Å². The van der Waals surface area contributed by atoms with Gasteiger partial charge in [0.1, 0.15) is 17.7 Å². The van der Waals surface area contributed by atoms with Gasteiger partial charge in [-0.25, -0.2) is 4.79 Å². The SMILES string of the molecule is COC(=O)COc1ccccc1C1C(C(=O)C(C)(C)C)=C(O)C(=O)N1c1ccc(-c2ccon2)cc1. The first-order chi connectivity index (χ1) is 17.1. The number of ketones is 1. The van der Waals surface area contributed by atoms with Crippen LogP contribution >= 0.6 is 0 Å². The maximum Gasteiger partial charge on any atom is 0.343 e. The molecule has 2 heterocycles. The Morgan fingerprint density at radius 3 is 2.39 bits per heavy atom. The molecule has 2 aromatic carbocycles. The second kappa shape index (κ2) is 9.69. The van der Waals surface area contributed by atoms with Gasteiger partial charge in [-0.2, -0.15) is 0 Å². The quantitative estimate of drug-likeness (QED) is 0.484. The zero-order valence-corrected chi connectivity index (χ0v) is 20.3.